The van der Waals surface area contributed by atoms with Gasteiger partial charge in [0.25, 0.3) is 0 Å². The van der Waals surface area contributed by atoms with Gasteiger partial charge >= 0.3 is 5.97 Å². The minimum absolute atomic E-state index is 0.337. The molecule has 4 heteroatoms. The molecule has 0 radical (unpaired) electrons. The minimum atomic E-state index is -0.337. The Bertz CT molecular complexity index is 668. The molecule has 0 saturated carbocycles. The van der Waals surface area contributed by atoms with Crippen LogP contribution < -0.4 is 5.73 Å². The van der Waals surface area contributed by atoms with Gasteiger partial charge in [-0.25, -0.2) is 4.79 Å². The molecule has 2 aromatic carbocycles. The molecule has 0 aliphatic carbocycles. The van der Waals surface area contributed by atoms with E-state index in [1.807, 2.05) is 6.07 Å². The summed E-state index contributed by atoms with van der Waals surface area (Å²) in [6.45, 7) is 6.30. The highest BCUT2D eigenvalue weighted by atomic mass is 32.2. The van der Waals surface area contributed by atoms with Crippen LogP contribution in [-0.2, 0) is 4.74 Å². The summed E-state index contributed by atoms with van der Waals surface area (Å²) >= 11 is 1.54. The number of nitrogen functional groups attached to an aromatic ring is 1. The lowest BCUT2D eigenvalue weighted by Crippen LogP contribution is -2.06. The second-order valence-corrected chi connectivity index (χ2v) is 5.94. The van der Waals surface area contributed by atoms with Crippen LogP contribution in [0.2, 0.25) is 0 Å². The summed E-state index contributed by atoms with van der Waals surface area (Å²) in [5, 5.41) is 0. The van der Waals surface area contributed by atoms with Crippen molar-refractivity contribution in [3.05, 3.63) is 53.1 Å². The van der Waals surface area contributed by atoms with Crippen molar-refractivity contribution in [3.8, 4) is 0 Å². The fourth-order valence-corrected chi connectivity index (χ4v) is 2.92. The fourth-order valence-electron chi connectivity index (χ4n) is 1.91. The lowest BCUT2D eigenvalue weighted by atomic mass is 10.1. The largest absolute Gasteiger partial charge is 0.462 e. The molecule has 0 unspecified atom stereocenters. The van der Waals surface area contributed by atoms with E-state index in [4.69, 9.17) is 10.5 Å². The predicted molar refractivity (Wildman–Crippen MR) is 86.8 cm³/mol. The fraction of sp³-hybridized carbons (Fsp3) is 0.235. The van der Waals surface area contributed by atoms with Crippen molar-refractivity contribution >= 4 is 23.4 Å². The third-order valence-corrected chi connectivity index (χ3v) is 4.27. The highest BCUT2D eigenvalue weighted by Crippen LogP contribution is 2.33. The van der Waals surface area contributed by atoms with Gasteiger partial charge in [0.15, 0.2) is 0 Å². The molecular weight excluding hydrogens is 282 g/mol. The first-order valence-corrected chi connectivity index (χ1v) is 7.64. The van der Waals surface area contributed by atoms with Gasteiger partial charge in [0.2, 0.25) is 0 Å². The monoisotopic (exact) mass is 301 g/mol. The van der Waals surface area contributed by atoms with Gasteiger partial charge < -0.3 is 10.5 Å². The Morgan fingerprint density at radius 3 is 2.57 bits per heavy atom. The van der Waals surface area contributed by atoms with E-state index >= 15 is 0 Å². The van der Waals surface area contributed by atoms with Crippen molar-refractivity contribution in [3.63, 3.8) is 0 Å². The molecule has 110 valence electrons. The van der Waals surface area contributed by atoms with Gasteiger partial charge in [0.1, 0.15) is 0 Å². The second-order valence-electron chi connectivity index (χ2n) is 4.82. The summed E-state index contributed by atoms with van der Waals surface area (Å²) in [7, 11) is 0. The molecule has 0 heterocycles. The molecule has 0 saturated heterocycles. The summed E-state index contributed by atoms with van der Waals surface area (Å²) in [6.07, 6.45) is 0. The molecule has 0 amide bonds. The van der Waals surface area contributed by atoms with Gasteiger partial charge in [-0.15, -0.1) is 0 Å². The number of ether oxygens (including phenoxy) is 1. The van der Waals surface area contributed by atoms with Crippen molar-refractivity contribution in [2.75, 3.05) is 12.3 Å². The van der Waals surface area contributed by atoms with Gasteiger partial charge in [0.05, 0.1) is 12.2 Å². The Balaban J connectivity index is 2.34. The van der Waals surface area contributed by atoms with Crippen molar-refractivity contribution in [2.45, 2.75) is 30.6 Å². The number of aryl methyl sites for hydroxylation is 2. The van der Waals surface area contributed by atoms with Crippen molar-refractivity contribution in [2.24, 2.45) is 0 Å². The van der Waals surface area contributed by atoms with E-state index in [-0.39, 0.29) is 5.97 Å². The average molecular weight is 301 g/mol. The van der Waals surface area contributed by atoms with Crippen molar-refractivity contribution < 1.29 is 9.53 Å². The molecular formula is C17H19NO2S. The van der Waals surface area contributed by atoms with E-state index in [0.29, 0.717) is 17.9 Å². The number of nitrogens with two attached hydrogens (primary N) is 1. The molecule has 2 rings (SSSR count). The van der Waals surface area contributed by atoms with Crippen LogP contribution in [0.4, 0.5) is 5.69 Å². The van der Waals surface area contributed by atoms with Crippen LogP contribution in [0.15, 0.2) is 46.2 Å². The molecule has 0 spiro atoms. The number of hydrogen-bond acceptors (Lipinski definition) is 4. The van der Waals surface area contributed by atoms with Crippen LogP contribution in [0.3, 0.4) is 0 Å². The number of carbonyl (C=O) groups excluding carboxylic acids is 1. The zero-order chi connectivity index (χ0) is 15.4. The van der Waals surface area contributed by atoms with Crippen LogP contribution in [0.25, 0.3) is 0 Å². The standard InChI is InChI=1S/C17H19NO2S/c1-4-20-17(19)15-10-13(18)6-8-16(15)21-14-7-5-11(2)12(3)9-14/h5-10H,4,18H2,1-3H3. The van der Waals surface area contributed by atoms with E-state index in [1.54, 1.807) is 30.8 Å². The number of carbonyl (C=O) groups is 1. The van der Waals surface area contributed by atoms with Crippen molar-refractivity contribution in [1.82, 2.24) is 0 Å². The van der Waals surface area contributed by atoms with Crippen molar-refractivity contribution in [1.29, 1.82) is 0 Å². The maximum absolute atomic E-state index is 12.0. The smallest absolute Gasteiger partial charge is 0.339 e. The molecule has 0 fully saturated rings. The third-order valence-electron chi connectivity index (χ3n) is 3.21. The molecule has 21 heavy (non-hydrogen) atoms. The number of anilines is 1. The van der Waals surface area contributed by atoms with Crippen LogP contribution >= 0.6 is 11.8 Å². The molecule has 2 aromatic rings. The summed E-state index contributed by atoms with van der Waals surface area (Å²) in [5.74, 6) is -0.337. The number of esters is 1. The number of rotatable bonds is 4. The Morgan fingerprint density at radius 1 is 1.14 bits per heavy atom. The maximum Gasteiger partial charge on any atom is 0.339 e. The highest BCUT2D eigenvalue weighted by Gasteiger charge is 2.14. The first kappa shape index (κ1) is 15.4. The Morgan fingerprint density at radius 2 is 1.90 bits per heavy atom. The number of benzene rings is 2. The lowest BCUT2D eigenvalue weighted by Gasteiger charge is -2.10. The van der Waals surface area contributed by atoms with Gasteiger partial charge in [-0.2, -0.15) is 0 Å². The first-order valence-electron chi connectivity index (χ1n) is 6.83. The molecule has 0 bridgehead atoms. The summed E-state index contributed by atoms with van der Waals surface area (Å²) < 4.78 is 5.10. The second kappa shape index (κ2) is 6.68. The van der Waals surface area contributed by atoms with Crippen LogP contribution in [-0.4, -0.2) is 12.6 Å². The van der Waals surface area contributed by atoms with Crippen LogP contribution in [0.1, 0.15) is 28.4 Å². The van der Waals surface area contributed by atoms with E-state index < -0.39 is 0 Å². The zero-order valence-electron chi connectivity index (χ0n) is 12.5. The Kier molecular flexibility index (Phi) is 4.91. The highest BCUT2D eigenvalue weighted by molar-refractivity contribution is 7.99. The third kappa shape index (κ3) is 3.79. The number of hydrogen-bond donors (Lipinski definition) is 1. The summed E-state index contributed by atoms with van der Waals surface area (Å²) in [6, 6.07) is 11.6. The molecule has 0 aromatic heterocycles. The molecule has 0 aliphatic heterocycles. The van der Waals surface area contributed by atoms with Gasteiger partial charge in [0, 0.05) is 15.5 Å². The summed E-state index contributed by atoms with van der Waals surface area (Å²) in [5.41, 5.74) is 9.34. The lowest BCUT2D eigenvalue weighted by molar-refractivity contribution is 0.0522. The van der Waals surface area contributed by atoms with E-state index in [9.17, 15) is 4.79 Å². The Hall–Kier alpha value is -1.94. The zero-order valence-corrected chi connectivity index (χ0v) is 13.3. The van der Waals surface area contributed by atoms with E-state index in [2.05, 4.69) is 32.0 Å². The van der Waals surface area contributed by atoms with Gasteiger partial charge in [-0.3, -0.25) is 0 Å². The van der Waals surface area contributed by atoms with Crippen LogP contribution in [0, 0.1) is 13.8 Å². The molecule has 0 aliphatic rings. The van der Waals surface area contributed by atoms with Crippen LogP contribution in [0.5, 0.6) is 0 Å². The van der Waals surface area contributed by atoms with Gasteiger partial charge in [-0.05, 0) is 62.2 Å². The molecule has 0 atom stereocenters. The topological polar surface area (TPSA) is 52.3 Å². The Labute approximate surface area is 129 Å². The van der Waals surface area contributed by atoms with Gasteiger partial charge in [-0.1, -0.05) is 17.8 Å². The normalized spacial score (nSPS) is 10.4. The average Bonchev–Trinajstić information content (AvgIpc) is 2.45. The molecule has 2 N–H and O–H groups in total. The minimum Gasteiger partial charge on any atom is -0.462 e. The van der Waals surface area contributed by atoms with E-state index in [0.717, 1.165) is 9.79 Å². The first-order chi connectivity index (χ1) is 10.0. The summed E-state index contributed by atoms with van der Waals surface area (Å²) in [4.78, 5) is 14.0. The van der Waals surface area contributed by atoms with E-state index in [1.165, 1.54) is 11.1 Å². The maximum atomic E-state index is 12.0. The quantitative estimate of drug-likeness (QED) is 0.679. The molecule has 3 nitrogen and oxygen atoms in total. The predicted octanol–water partition coefficient (Wildman–Crippen LogP) is 4.21. The SMILES string of the molecule is CCOC(=O)c1cc(N)ccc1Sc1ccc(C)c(C)c1.